The number of allylic oxidation sites excluding steroid dienone is 1. The van der Waals surface area contributed by atoms with Gasteiger partial charge in [0.25, 0.3) is 0 Å². The van der Waals surface area contributed by atoms with Gasteiger partial charge in [0.1, 0.15) is 0 Å². The molecule has 0 fully saturated rings. The first-order valence-electron chi connectivity index (χ1n) is 4.51. The molecule has 2 rings (SSSR count). The zero-order valence-corrected chi connectivity index (χ0v) is 7.64. The van der Waals surface area contributed by atoms with Crippen LogP contribution in [0.25, 0.3) is 0 Å². The average Bonchev–Trinajstić information content (AvgIpc) is 2.19. The molecule has 1 aromatic rings. The Kier molecular flexibility index (Phi) is 2.21. The lowest BCUT2D eigenvalue weighted by molar-refractivity contribution is 0.754. The SMILES string of the molecule is CC1C=CN=C(c2ccccn2)C1. The highest BCUT2D eigenvalue weighted by molar-refractivity contribution is 5.99. The number of aromatic nitrogens is 1. The van der Waals surface area contributed by atoms with E-state index in [9.17, 15) is 0 Å². The van der Waals surface area contributed by atoms with Crippen LogP contribution in [-0.4, -0.2) is 10.7 Å². The van der Waals surface area contributed by atoms with Crippen molar-refractivity contribution in [1.82, 2.24) is 4.98 Å². The highest BCUT2D eigenvalue weighted by atomic mass is 14.8. The van der Waals surface area contributed by atoms with E-state index < -0.39 is 0 Å². The maximum Gasteiger partial charge on any atom is 0.0844 e. The molecular weight excluding hydrogens is 160 g/mol. The minimum Gasteiger partial charge on any atom is -0.259 e. The molecule has 1 unspecified atom stereocenters. The fraction of sp³-hybridized carbons (Fsp3) is 0.273. The van der Waals surface area contributed by atoms with Crippen molar-refractivity contribution in [3.63, 3.8) is 0 Å². The van der Waals surface area contributed by atoms with Gasteiger partial charge in [-0.25, -0.2) is 0 Å². The van der Waals surface area contributed by atoms with Crippen molar-refractivity contribution in [2.45, 2.75) is 13.3 Å². The molecule has 13 heavy (non-hydrogen) atoms. The standard InChI is InChI=1S/C11H12N2/c1-9-5-7-13-11(8-9)10-4-2-3-6-12-10/h2-7,9H,8H2,1H3. The van der Waals surface area contributed by atoms with E-state index in [2.05, 4.69) is 23.0 Å². The molecule has 2 heterocycles. The lowest BCUT2D eigenvalue weighted by Crippen LogP contribution is -2.09. The first-order chi connectivity index (χ1) is 6.36. The Morgan fingerprint density at radius 1 is 1.38 bits per heavy atom. The molecule has 2 nitrogen and oxygen atoms in total. The van der Waals surface area contributed by atoms with E-state index in [1.54, 1.807) is 6.20 Å². The highest BCUT2D eigenvalue weighted by Gasteiger charge is 2.10. The molecule has 0 aliphatic carbocycles. The molecule has 2 heteroatoms. The number of rotatable bonds is 1. The van der Waals surface area contributed by atoms with Crippen molar-refractivity contribution in [3.05, 3.63) is 42.4 Å². The fourth-order valence-corrected chi connectivity index (χ4v) is 1.41. The van der Waals surface area contributed by atoms with Gasteiger partial charge < -0.3 is 0 Å². The number of aliphatic imine (C=N–C) groups is 1. The van der Waals surface area contributed by atoms with E-state index in [4.69, 9.17) is 0 Å². The molecule has 1 aliphatic heterocycles. The second kappa shape index (κ2) is 3.52. The second-order valence-electron chi connectivity index (χ2n) is 3.31. The van der Waals surface area contributed by atoms with E-state index in [1.807, 2.05) is 24.4 Å². The van der Waals surface area contributed by atoms with Crippen molar-refractivity contribution in [1.29, 1.82) is 0 Å². The first kappa shape index (κ1) is 8.17. The Labute approximate surface area is 78.0 Å². The zero-order valence-electron chi connectivity index (χ0n) is 7.64. The van der Waals surface area contributed by atoms with Gasteiger partial charge in [0.15, 0.2) is 0 Å². The van der Waals surface area contributed by atoms with Crippen molar-refractivity contribution in [2.24, 2.45) is 10.9 Å². The summed E-state index contributed by atoms with van der Waals surface area (Å²) >= 11 is 0. The van der Waals surface area contributed by atoms with Gasteiger partial charge >= 0.3 is 0 Å². The van der Waals surface area contributed by atoms with E-state index in [0.29, 0.717) is 5.92 Å². The van der Waals surface area contributed by atoms with Gasteiger partial charge in [0, 0.05) is 12.4 Å². The fourth-order valence-electron chi connectivity index (χ4n) is 1.41. The van der Waals surface area contributed by atoms with E-state index in [-0.39, 0.29) is 0 Å². The summed E-state index contributed by atoms with van der Waals surface area (Å²) in [6.07, 6.45) is 6.79. The van der Waals surface area contributed by atoms with E-state index in [1.165, 1.54) is 0 Å². The van der Waals surface area contributed by atoms with Gasteiger partial charge in [-0.05, 0) is 24.5 Å². The Hall–Kier alpha value is -1.44. The molecule has 1 aromatic heterocycles. The third kappa shape index (κ3) is 1.83. The van der Waals surface area contributed by atoms with Gasteiger partial charge in [-0.1, -0.05) is 19.1 Å². The molecule has 1 atom stereocenters. The summed E-state index contributed by atoms with van der Waals surface area (Å²) < 4.78 is 0. The van der Waals surface area contributed by atoms with Gasteiger partial charge in [0.05, 0.1) is 11.4 Å². The number of pyridine rings is 1. The second-order valence-corrected chi connectivity index (χ2v) is 3.31. The quantitative estimate of drug-likeness (QED) is 0.638. The number of hydrogen-bond acceptors (Lipinski definition) is 2. The summed E-state index contributed by atoms with van der Waals surface area (Å²) in [6.45, 7) is 2.19. The average molecular weight is 172 g/mol. The molecule has 0 bridgehead atoms. The van der Waals surface area contributed by atoms with E-state index >= 15 is 0 Å². The van der Waals surface area contributed by atoms with Crippen LogP contribution >= 0.6 is 0 Å². The van der Waals surface area contributed by atoms with Crippen LogP contribution in [0.2, 0.25) is 0 Å². The Balaban J connectivity index is 2.28. The van der Waals surface area contributed by atoms with Crippen molar-refractivity contribution in [3.8, 4) is 0 Å². The highest BCUT2D eigenvalue weighted by Crippen LogP contribution is 2.14. The maximum atomic E-state index is 4.32. The lowest BCUT2D eigenvalue weighted by Gasteiger charge is -2.12. The Morgan fingerprint density at radius 2 is 2.31 bits per heavy atom. The van der Waals surface area contributed by atoms with Crippen LogP contribution < -0.4 is 0 Å². The molecular formula is C11H12N2. The van der Waals surface area contributed by atoms with Gasteiger partial charge in [-0.15, -0.1) is 0 Å². The molecule has 0 radical (unpaired) electrons. The van der Waals surface area contributed by atoms with Crippen LogP contribution in [0.3, 0.4) is 0 Å². The monoisotopic (exact) mass is 172 g/mol. The largest absolute Gasteiger partial charge is 0.259 e. The van der Waals surface area contributed by atoms with Crippen LogP contribution in [0.4, 0.5) is 0 Å². The van der Waals surface area contributed by atoms with Crippen LogP contribution in [0.15, 0.2) is 41.7 Å². The van der Waals surface area contributed by atoms with Crippen LogP contribution in [0.5, 0.6) is 0 Å². The van der Waals surface area contributed by atoms with Gasteiger partial charge in [-0.2, -0.15) is 0 Å². The number of nitrogens with zero attached hydrogens (tertiary/aromatic N) is 2. The summed E-state index contributed by atoms with van der Waals surface area (Å²) in [5.74, 6) is 0.578. The minimum atomic E-state index is 0.578. The lowest BCUT2D eigenvalue weighted by atomic mass is 10.00. The summed E-state index contributed by atoms with van der Waals surface area (Å²) in [5.41, 5.74) is 2.09. The topological polar surface area (TPSA) is 25.2 Å². The predicted molar refractivity (Wildman–Crippen MR) is 53.7 cm³/mol. The molecule has 0 N–H and O–H groups in total. The smallest absolute Gasteiger partial charge is 0.0844 e. The molecule has 0 saturated carbocycles. The summed E-state index contributed by atoms with van der Waals surface area (Å²) in [6, 6.07) is 5.92. The van der Waals surface area contributed by atoms with Gasteiger partial charge in [-0.3, -0.25) is 9.98 Å². The first-order valence-corrected chi connectivity index (χ1v) is 4.51. The van der Waals surface area contributed by atoms with Crippen molar-refractivity contribution >= 4 is 5.71 Å². The van der Waals surface area contributed by atoms with Crippen molar-refractivity contribution < 1.29 is 0 Å². The Bertz CT molecular complexity index is 338. The third-order valence-electron chi connectivity index (χ3n) is 2.12. The molecule has 0 aromatic carbocycles. The van der Waals surface area contributed by atoms with Crippen molar-refractivity contribution in [2.75, 3.05) is 0 Å². The van der Waals surface area contributed by atoms with E-state index in [0.717, 1.165) is 17.8 Å². The molecule has 66 valence electrons. The normalized spacial score (nSPS) is 21.3. The van der Waals surface area contributed by atoms with Crippen LogP contribution in [-0.2, 0) is 0 Å². The summed E-state index contributed by atoms with van der Waals surface area (Å²) in [5, 5.41) is 0. The Morgan fingerprint density at radius 3 is 3.00 bits per heavy atom. The maximum absolute atomic E-state index is 4.32. The molecule has 0 amide bonds. The van der Waals surface area contributed by atoms with Gasteiger partial charge in [0.2, 0.25) is 0 Å². The number of hydrogen-bond donors (Lipinski definition) is 0. The van der Waals surface area contributed by atoms with Crippen LogP contribution in [0.1, 0.15) is 19.0 Å². The molecule has 1 aliphatic rings. The minimum absolute atomic E-state index is 0.578. The molecule has 0 spiro atoms. The predicted octanol–water partition coefficient (Wildman–Crippen LogP) is 2.42. The zero-order chi connectivity index (χ0) is 9.10. The summed E-state index contributed by atoms with van der Waals surface area (Å²) in [4.78, 5) is 8.60. The molecule has 0 saturated heterocycles. The third-order valence-corrected chi connectivity index (χ3v) is 2.12. The van der Waals surface area contributed by atoms with Crippen LogP contribution in [0, 0.1) is 5.92 Å². The summed E-state index contributed by atoms with van der Waals surface area (Å²) in [7, 11) is 0.